The Labute approximate surface area is 56.1 Å². The molecule has 0 amide bonds. The molecule has 0 unspecified atom stereocenters. The summed E-state index contributed by atoms with van der Waals surface area (Å²) in [6, 6.07) is 0. The summed E-state index contributed by atoms with van der Waals surface area (Å²) in [5.41, 5.74) is 0. The average molecular weight is 123 g/mol. The van der Waals surface area contributed by atoms with E-state index < -0.39 is 0 Å². The Morgan fingerprint density at radius 3 is 2.11 bits per heavy atom. The van der Waals surface area contributed by atoms with Gasteiger partial charge in [-0.05, 0) is 37.8 Å². The second-order valence-electron chi connectivity index (χ2n) is 3.12. The highest BCUT2D eigenvalue weighted by molar-refractivity contribution is 4.98. The number of allylic oxidation sites excluding steroid dienone is 2. The molecule has 0 aromatic carbocycles. The van der Waals surface area contributed by atoms with Gasteiger partial charge in [0.15, 0.2) is 0 Å². The molecule has 0 radical (unpaired) electrons. The zero-order valence-corrected chi connectivity index (χ0v) is 5.64. The first kappa shape index (κ1) is 5.48. The minimum Gasteiger partial charge on any atom is -0.316 e. The fourth-order valence-corrected chi connectivity index (χ4v) is 1.88. The normalized spacial score (nSPS) is 40.9. The van der Waals surface area contributed by atoms with Gasteiger partial charge in [0.05, 0.1) is 0 Å². The van der Waals surface area contributed by atoms with Crippen LogP contribution in [0.1, 0.15) is 12.8 Å². The Balaban J connectivity index is 2.07. The lowest BCUT2D eigenvalue weighted by Gasteiger charge is -2.18. The SMILES string of the molecule is C1=CC[C@H]2CNC[C@@H]2C1. The molecule has 1 heterocycles. The van der Waals surface area contributed by atoms with Gasteiger partial charge in [-0.15, -0.1) is 0 Å². The summed E-state index contributed by atoms with van der Waals surface area (Å²) >= 11 is 0. The van der Waals surface area contributed by atoms with Crippen LogP contribution in [-0.2, 0) is 0 Å². The van der Waals surface area contributed by atoms with Gasteiger partial charge in [0.1, 0.15) is 0 Å². The first-order chi connectivity index (χ1) is 4.47. The van der Waals surface area contributed by atoms with Crippen molar-refractivity contribution in [3.63, 3.8) is 0 Å². The van der Waals surface area contributed by atoms with Gasteiger partial charge in [-0.1, -0.05) is 12.2 Å². The third kappa shape index (κ3) is 0.897. The predicted octanol–water partition coefficient (Wildman–Crippen LogP) is 1.17. The van der Waals surface area contributed by atoms with E-state index in [4.69, 9.17) is 0 Å². The highest BCUT2D eigenvalue weighted by atomic mass is 14.9. The molecular formula is C8H13N. The molecule has 1 aliphatic carbocycles. The molecule has 0 aromatic heterocycles. The van der Waals surface area contributed by atoms with Gasteiger partial charge in [-0.2, -0.15) is 0 Å². The predicted molar refractivity (Wildman–Crippen MR) is 38.2 cm³/mol. The topological polar surface area (TPSA) is 12.0 Å². The maximum absolute atomic E-state index is 3.42. The van der Waals surface area contributed by atoms with Crippen LogP contribution in [0, 0.1) is 11.8 Å². The van der Waals surface area contributed by atoms with E-state index in [1.807, 2.05) is 0 Å². The Hall–Kier alpha value is -0.300. The molecule has 1 N–H and O–H groups in total. The van der Waals surface area contributed by atoms with E-state index in [-0.39, 0.29) is 0 Å². The highest BCUT2D eigenvalue weighted by Crippen LogP contribution is 2.27. The molecule has 1 saturated heterocycles. The van der Waals surface area contributed by atoms with Gasteiger partial charge in [0, 0.05) is 0 Å². The van der Waals surface area contributed by atoms with Crippen molar-refractivity contribution < 1.29 is 0 Å². The van der Waals surface area contributed by atoms with Crippen molar-refractivity contribution in [2.45, 2.75) is 12.8 Å². The molecule has 0 aromatic rings. The molecule has 0 saturated carbocycles. The maximum Gasteiger partial charge on any atom is -0.00142 e. The van der Waals surface area contributed by atoms with Crippen LogP contribution in [0.25, 0.3) is 0 Å². The van der Waals surface area contributed by atoms with Crippen molar-refractivity contribution in [2.75, 3.05) is 13.1 Å². The summed E-state index contributed by atoms with van der Waals surface area (Å²) < 4.78 is 0. The fourth-order valence-electron chi connectivity index (χ4n) is 1.88. The van der Waals surface area contributed by atoms with Crippen molar-refractivity contribution in [2.24, 2.45) is 11.8 Å². The molecule has 1 aliphatic heterocycles. The number of rotatable bonds is 0. The summed E-state index contributed by atoms with van der Waals surface area (Å²) in [5.74, 6) is 1.94. The molecule has 1 heteroatoms. The van der Waals surface area contributed by atoms with Crippen LogP contribution in [0.3, 0.4) is 0 Å². The van der Waals surface area contributed by atoms with Crippen LogP contribution >= 0.6 is 0 Å². The van der Waals surface area contributed by atoms with E-state index in [0.717, 1.165) is 11.8 Å². The Morgan fingerprint density at radius 2 is 1.56 bits per heavy atom. The lowest BCUT2D eigenvalue weighted by Crippen LogP contribution is -2.13. The number of nitrogens with one attached hydrogen (secondary N) is 1. The quantitative estimate of drug-likeness (QED) is 0.477. The Kier molecular flexibility index (Phi) is 1.31. The Bertz CT molecular complexity index is 115. The molecule has 50 valence electrons. The lowest BCUT2D eigenvalue weighted by atomic mass is 9.86. The monoisotopic (exact) mass is 123 g/mol. The molecule has 1 fully saturated rings. The van der Waals surface area contributed by atoms with Gasteiger partial charge in [0.25, 0.3) is 0 Å². The van der Waals surface area contributed by atoms with Crippen LogP contribution in [0.5, 0.6) is 0 Å². The highest BCUT2D eigenvalue weighted by Gasteiger charge is 2.26. The lowest BCUT2D eigenvalue weighted by molar-refractivity contribution is 0.411. The van der Waals surface area contributed by atoms with Crippen LogP contribution in [-0.4, -0.2) is 13.1 Å². The average Bonchev–Trinajstić information content (AvgIpc) is 2.33. The maximum atomic E-state index is 3.42. The van der Waals surface area contributed by atoms with Crippen LogP contribution < -0.4 is 5.32 Å². The molecule has 2 aliphatic rings. The fraction of sp³-hybridized carbons (Fsp3) is 0.750. The van der Waals surface area contributed by atoms with Gasteiger partial charge >= 0.3 is 0 Å². The zero-order chi connectivity index (χ0) is 6.10. The van der Waals surface area contributed by atoms with Gasteiger partial charge in [-0.25, -0.2) is 0 Å². The van der Waals surface area contributed by atoms with Crippen molar-refractivity contribution >= 4 is 0 Å². The Morgan fingerprint density at radius 1 is 1.00 bits per heavy atom. The third-order valence-electron chi connectivity index (χ3n) is 2.52. The third-order valence-corrected chi connectivity index (χ3v) is 2.52. The molecule has 0 spiro atoms. The minimum atomic E-state index is 0.968. The molecule has 2 rings (SSSR count). The van der Waals surface area contributed by atoms with Gasteiger partial charge < -0.3 is 5.32 Å². The van der Waals surface area contributed by atoms with Gasteiger partial charge in [-0.3, -0.25) is 0 Å². The van der Waals surface area contributed by atoms with Crippen molar-refractivity contribution in [3.8, 4) is 0 Å². The van der Waals surface area contributed by atoms with E-state index in [9.17, 15) is 0 Å². The van der Waals surface area contributed by atoms with Gasteiger partial charge in [0.2, 0.25) is 0 Å². The molecular weight excluding hydrogens is 110 g/mol. The summed E-state index contributed by atoms with van der Waals surface area (Å²) in [6.45, 7) is 2.52. The number of hydrogen-bond donors (Lipinski definition) is 1. The van der Waals surface area contributed by atoms with Crippen molar-refractivity contribution in [3.05, 3.63) is 12.2 Å². The van der Waals surface area contributed by atoms with E-state index in [1.54, 1.807) is 0 Å². The first-order valence-electron chi connectivity index (χ1n) is 3.82. The van der Waals surface area contributed by atoms with Crippen LogP contribution in [0.15, 0.2) is 12.2 Å². The smallest absolute Gasteiger partial charge is 0.00142 e. The second-order valence-corrected chi connectivity index (χ2v) is 3.12. The molecule has 0 bridgehead atoms. The van der Waals surface area contributed by atoms with E-state index >= 15 is 0 Å². The van der Waals surface area contributed by atoms with Crippen molar-refractivity contribution in [1.82, 2.24) is 5.32 Å². The number of fused-ring (bicyclic) bond motifs is 1. The molecule has 9 heavy (non-hydrogen) atoms. The summed E-state index contributed by atoms with van der Waals surface area (Å²) in [7, 11) is 0. The molecule has 2 atom stereocenters. The van der Waals surface area contributed by atoms with E-state index in [1.165, 1.54) is 25.9 Å². The van der Waals surface area contributed by atoms with E-state index in [0.29, 0.717) is 0 Å². The summed E-state index contributed by atoms with van der Waals surface area (Å²) in [6.07, 6.45) is 7.29. The van der Waals surface area contributed by atoms with Crippen LogP contribution in [0.4, 0.5) is 0 Å². The molecule has 1 nitrogen and oxygen atoms in total. The number of hydrogen-bond acceptors (Lipinski definition) is 1. The standard InChI is InChI=1S/C8H13N/c1-2-4-8-6-9-5-7(8)3-1/h1-2,7-9H,3-6H2/t7-,8-/m0/s1. The minimum absolute atomic E-state index is 0.968. The second kappa shape index (κ2) is 2.14. The zero-order valence-electron chi connectivity index (χ0n) is 5.64. The summed E-state index contributed by atoms with van der Waals surface area (Å²) in [4.78, 5) is 0. The van der Waals surface area contributed by atoms with E-state index in [2.05, 4.69) is 17.5 Å². The largest absolute Gasteiger partial charge is 0.316 e. The summed E-state index contributed by atoms with van der Waals surface area (Å²) in [5, 5.41) is 3.42. The first-order valence-corrected chi connectivity index (χ1v) is 3.82. The van der Waals surface area contributed by atoms with Crippen molar-refractivity contribution in [1.29, 1.82) is 0 Å². The van der Waals surface area contributed by atoms with Crippen LogP contribution in [0.2, 0.25) is 0 Å².